The quantitative estimate of drug-likeness (QED) is 0.429. The summed E-state index contributed by atoms with van der Waals surface area (Å²) in [6.45, 7) is 1.85. The normalized spacial score (nSPS) is 17.5. The van der Waals surface area contributed by atoms with Gasteiger partial charge in [0.15, 0.2) is 0 Å². The van der Waals surface area contributed by atoms with Crippen LogP contribution in [-0.4, -0.2) is 59.7 Å². The molecule has 2 aromatic rings. The average molecular weight is 467 g/mol. The number of carbonyl (C=O) groups excluding carboxylic acids is 3. The number of hydrogen-bond donors (Lipinski definition) is 0. The minimum atomic E-state index is -0.447. The molecular formula is C25H26N2O5S. The van der Waals surface area contributed by atoms with Crippen molar-refractivity contribution in [2.45, 2.75) is 19.3 Å². The molecule has 0 aromatic heterocycles. The summed E-state index contributed by atoms with van der Waals surface area (Å²) >= 11 is 0.847. The second-order valence-corrected chi connectivity index (χ2v) is 8.75. The number of imide groups is 1. The largest absolute Gasteiger partial charge is 0.490 e. The Bertz CT molecular complexity index is 1030. The molecule has 2 heterocycles. The zero-order valence-corrected chi connectivity index (χ0v) is 19.1. The number of amides is 3. The standard InChI is InChI=1S/C25H26N2O5S/c28-23(26-13-7-2-8-14-26)18-27-24(29)22(33-25(27)30)17-19-9-5-6-12-21(19)32-16-15-31-20-10-3-1-4-11-20/h1,3-6,9-12,17H,2,7-8,13-16,18H2/b22-17-. The van der Waals surface area contributed by atoms with Gasteiger partial charge in [0.05, 0.1) is 4.91 Å². The fraction of sp³-hybridized carbons (Fsp3) is 0.320. The van der Waals surface area contributed by atoms with Crippen LogP contribution in [0.4, 0.5) is 4.79 Å². The lowest BCUT2D eigenvalue weighted by Gasteiger charge is -2.27. The summed E-state index contributed by atoms with van der Waals surface area (Å²) in [6.07, 6.45) is 4.67. The number of likely N-dealkylation sites (tertiary alicyclic amines) is 1. The van der Waals surface area contributed by atoms with Gasteiger partial charge in [0.1, 0.15) is 31.3 Å². The molecule has 0 unspecified atom stereocenters. The Morgan fingerprint density at radius 3 is 2.39 bits per heavy atom. The predicted molar refractivity (Wildman–Crippen MR) is 127 cm³/mol. The van der Waals surface area contributed by atoms with Gasteiger partial charge in [-0.15, -0.1) is 0 Å². The maximum atomic E-state index is 12.9. The number of rotatable bonds is 8. The third kappa shape index (κ3) is 5.96. The smallest absolute Gasteiger partial charge is 0.294 e. The van der Waals surface area contributed by atoms with E-state index in [2.05, 4.69) is 0 Å². The summed E-state index contributed by atoms with van der Waals surface area (Å²) in [6, 6.07) is 16.8. The van der Waals surface area contributed by atoms with Gasteiger partial charge in [-0.05, 0) is 55.3 Å². The van der Waals surface area contributed by atoms with E-state index in [1.165, 1.54) is 0 Å². The molecule has 0 N–H and O–H groups in total. The van der Waals surface area contributed by atoms with Crippen LogP contribution in [0.2, 0.25) is 0 Å². The summed E-state index contributed by atoms with van der Waals surface area (Å²) < 4.78 is 11.5. The first kappa shape index (κ1) is 22.9. The first-order valence-electron chi connectivity index (χ1n) is 11.0. The molecule has 0 radical (unpaired) electrons. The molecule has 8 heteroatoms. The van der Waals surface area contributed by atoms with Crippen molar-refractivity contribution in [1.82, 2.24) is 9.80 Å². The van der Waals surface area contributed by atoms with Crippen molar-refractivity contribution in [1.29, 1.82) is 0 Å². The topological polar surface area (TPSA) is 76.1 Å². The Balaban J connectivity index is 1.37. The summed E-state index contributed by atoms with van der Waals surface area (Å²) in [7, 11) is 0. The van der Waals surface area contributed by atoms with Crippen molar-refractivity contribution >= 4 is 34.9 Å². The molecule has 2 aromatic carbocycles. The second-order valence-electron chi connectivity index (χ2n) is 7.76. The second kappa shape index (κ2) is 11.0. The van der Waals surface area contributed by atoms with Gasteiger partial charge in [-0.3, -0.25) is 19.3 Å². The molecule has 3 amide bonds. The van der Waals surface area contributed by atoms with E-state index in [9.17, 15) is 14.4 Å². The molecule has 0 aliphatic carbocycles. The van der Waals surface area contributed by atoms with E-state index < -0.39 is 11.1 Å². The zero-order chi connectivity index (χ0) is 23.0. The maximum absolute atomic E-state index is 12.9. The predicted octanol–water partition coefficient (Wildman–Crippen LogP) is 4.19. The van der Waals surface area contributed by atoms with E-state index in [0.29, 0.717) is 37.6 Å². The zero-order valence-electron chi connectivity index (χ0n) is 18.3. The van der Waals surface area contributed by atoms with E-state index in [4.69, 9.17) is 9.47 Å². The number of nitrogens with zero attached hydrogens (tertiary/aromatic N) is 2. The van der Waals surface area contributed by atoms with Crippen LogP contribution in [0.25, 0.3) is 6.08 Å². The van der Waals surface area contributed by atoms with Crippen LogP contribution in [0, 0.1) is 0 Å². The number of ether oxygens (including phenoxy) is 2. The lowest BCUT2D eigenvalue weighted by Crippen LogP contribution is -2.44. The SMILES string of the molecule is O=C(CN1C(=O)S/C(=C\c2ccccc2OCCOc2ccccc2)C1=O)N1CCCCC1. The molecule has 0 saturated carbocycles. The Hall–Kier alpha value is -3.26. The van der Waals surface area contributed by atoms with Crippen LogP contribution in [0.3, 0.4) is 0 Å². The fourth-order valence-corrected chi connectivity index (χ4v) is 4.54. The molecule has 4 rings (SSSR count). The van der Waals surface area contributed by atoms with Crippen LogP contribution in [0.5, 0.6) is 11.5 Å². The van der Waals surface area contributed by atoms with Gasteiger partial charge in [0.2, 0.25) is 5.91 Å². The highest BCUT2D eigenvalue weighted by Gasteiger charge is 2.37. The van der Waals surface area contributed by atoms with Gasteiger partial charge in [0.25, 0.3) is 11.1 Å². The van der Waals surface area contributed by atoms with Gasteiger partial charge in [0, 0.05) is 18.7 Å². The highest BCUT2D eigenvalue weighted by atomic mass is 32.2. The lowest BCUT2D eigenvalue weighted by atomic mass is 10.1. The number of para-hydroxylation sites is 2. The van der Waals surface area contributed by atoms with Crippen molar-refractivity contribution in [2.75, 3.05) is 32.8 Å². The van der Waals surface area contributed by atoms with E-state index in [-0.39, 0.29) is 17.4 Å². The van der Waals surface area contributed by atoms with Crippen molar-refractivity contribution < 1.29 is 23.9 Å². The van der Waals surface area contributed by atoms with Gasteiger partial charge in [-0.1, -0.05) is 36.4 Å². The Kier molecular flexibility index (Phi) is 7.67. The maximum Gasteiger partial charge on any atom is 0.294 e. The molecule has 2 aliphatic heterocycles. The third-order valence-corrected chi connectivity index (χ3v) is 6.34. The fourth-order valence-electron chi connectivity index (χ4n) is 3.72. The first-order valence-corrected chi connectivity index (χ1v) is 11.9. The van der Waals surface area contributed by atoms with E-state index in [1.54, 1.807) is 17.0 Å². The van der Waals surface area contributed by atoms with E-state index in [1.807, 2.05) is 48.5 Å². The van der Waals surface area contributed by atoms with Crippen molar-refractivity contribution in [3.8, 4) is 11.5 Å². The molecule has 172 valence electrons. The molecule has 0 spiro atoms. The van der Waals surface area contributed by atoms with Crippen LogP contribution < -0.4 is 9.47 Å². The Morgan fingerprint density at radius 1 is 0.909 bits per heavy atom. The molecule has 7 nitrogen and oxygen atoms in total. The first-order chi connectivity index (χ1) is 16.1. The molecule has 0 atom stereocenters. The minimum Gasteiger partial charge on any atom is -0.490 e. The molecule has 2 fully saturated rings. The molecule has 33 heavy (non-hydrogen) atoms. The summed E-state index contributed by atoms with van der Waals surface area (Å²) in [5.41, 5.74) is 0.685. The number of benzene rings is 2. The summed E-state index contributed by atoms with van der Waals surface area (Å²) in [4.78, 5) is 40.9. The number of piperidine rings is 1. The highest BCUT2D eigenvalue weighted by Crippen LogP contribution is 2.34. The molecule has 0 bridgehead atoms. The minimum absolute atomic E-state index is 0.180. The monoisotopic (exact) mass is 466 g/mol. The average Bonchev–Trinajstić information content (AvgIpc) is 3.11. The van der Waals surface area contributed by atoms with Crippen LogP contribution in [-0.2, 0) is 9.59 Å². The van der Waals surface area contributed by atoms with E-state index >= 15 is 0 Å². The number of hydrogen-bond acceptors (Lipinski definition) is 6. The van der Waals surface area contributed by atoms with Crippen LogP contribution >= 0.6 is 11.8 Å². The Morgan fingerprint density at radius 2 is 1.61 bits per heavy atom. The van der Waals surface area contributed by atoms with E-state index in [0.717, 1.165) is 41.7 Å². The van der Waals surface area contributed by atoms with Gasteiger partial charge < -0.3 is 14.4 Å². The highest BCUT2D eigenvalue weighted by molar-refractivity contribution is 8.18. The van der Waals surface area contributed by atoms with Crippen molar-refractivity contribution in [3.05, 3.63) is 65.1 Å². The van der Waals surface area contributed by atoms with Crippen molar-refractivity contribution in [2.24, 2.45) is 0 Å². The van der Waals surface area contributed by atoms with Crippen LogP contribution in [0.15, 0.2) is 59.5 Å². The number of thioether (sulfide) groups is 1. The molecule has 2 aliphatic rings. The van der Waals surface area contributed by atoms with Gasteiger partial charge >= 0.3 is 0 Å². The summed E-state index contributed by atoms with van der Waals surface area (Å²) in [5, 5.41) is -0.425. The summed E-state index contributed by atoms with van der Waals surface area (Å²) in [5.74, 6) is 0.727. The molecule has 2 saturated heterocycles. The Labute approximate surface area is 197 Å². The molecular weight excluding hydrogens is 440 g/mol. The number of carbonyl (C=O) groups is 3. The van der Waals surface area contributed by atoms with Crippen LogP contribution in [0.1, 0.15) is 24.8 Å². The van der Waals surface area contributed by atoms with Crippen molar-refractivity contribution in [3.63, 3.8) is 0 Å². The third-order valence-electron chi connectivity index (χ3n) is 5.43. The van der Waals surface area contributed by atoms with Gasteiger partial charge in [-0.25, -0.2) is 0 Å². The lowest BCUT2D eigenvalue weighted by molar-refractivity contribution is -0.136. The van der Waals surface area contributed by atoms with Gasteiger partial charge in [-0.2, -0.15) is 0 Å².